The molecular formula is C13H24. The van der Waals surface area contributed by atoms with Gasteiger partial charge in [-0.15, -0.1) is 0 Å². The Morgan fingerprint density at radius 2 is 2.08 bits per heavy atom. The molecular weight excluding hydrogens is 156 g/mol. The molecule has 0 radical (unpaired) electrons. The zero-order valence-corrected chi connectivity index (χ0v) is 9.64. The van der Waals surface area contributed by atoms with Gasteiger partial charge < -0.3 is 0 Å². The molecule has 0 heterocycles. The molecule has 1 unspecified atom stereocenters. The summed E-state index contributed by atoms with van der Waals surface area (Å²) >= 11 is 0. The molecule has 0 heteroatoms. The first-order valence-electron chi connectivity index (χ1n) is 5.69. The highest BCUT2D eigenvalue weighted by Crippen LogP contribution is 2.39. The van der Waals surface area contributed by atoms with Crippen molar-refractivity contribution in [2.24, 2.45) is 17.3 Å². The standard InChI is InChI=1S/C13H24/c1-11(2)10-13(3,4)12-8-6-5-7-9-12/h6,8,11-12H,5,7,9-10H2,1-4H3. The fourth-order valence-electron chi connectivity index (χ4n) is 2.67. The summed E-state index contributed by atoms with van der Waals surface area (Å²) in [4.78, 5) is 0. The van der Waals surface area contributed by atoms with Crippen molar-refractivity contribution in [2.45, 2.75) is 53.4 Å². The van der Waals surface area contributed by atoms with Gasteiger partial charge >= 0.3 is 0 Å². The summed E-state index contributed by atoms with van der Waals surface area (Å²) in [5.41, 5.74) is 0.505. The first-order chi connectivity index (χ1) is 6.02. The third kappa shape index (κ3) is 3.17. The average molecular weight is 180 g/mol. The van der Waals surface area contributed by atoms with Crippen molar-refractivity contribution in [1.82, 2.24) is 0 Å². The van der Waals surface area contributed by atoms with Crippen LogP contribution in [-0.2, 0) is 0 Å². The summed E-state index contributed by atoms with van der Waals surface area (Å²) in [5, 5.41) is 0. The van der Waals surface area contributed by atoms with Crippen molar-refractivity contribution in [3.63, 3.8) is 0 Å². The molecule has 0 amide bonds. The third-order valence-corrected chi connectivity index (χ3v) is 3.19. The molecule has 13 heavy (non-hydrogen) atoms. The number of rotatable bonds is 3. The van der Waals surface area contributed by atoms with Crippen LogP contribution in [0.15, 0.2) is 12.2 Å². The first-order valence-corrected chi connectivity index (χ1v) is 5.69. The smallest absolute Gasteiger partial charge is 0.0182 e. The fraction of sp³-hybridized carbons (Fsp3) is 0.846. The van der Waals surface area contributed by atoms with Gasteiger partial charge in [-0.25, -0.2) is 0 Å². The Labute approximate surface area is 83.4 Å². The summed E-state index contributed by atoms with van der Waals surface area (Å²) in [7, 11) is 0. The second kappa shape index (κ2) is 4.30. The first kappa shape index (κ1) is 10.8. The van der Waals surface area contributed by atoms with E-state index in [1.165, 1.54) is 25.7 Å². The molecule has 0 aromatic carbocycles. The third-order valence-electron chi connectivity index (χ3n) is 3.19. The fourth-order valence-corrected chi connectivity index (χ4v) is 2.67. The number of allylic oxidation sites excluding steroid dienone is 2. The van der Waals surface area contributed by atoms with Crippen LogP contribution < -0.4 is 0 Å². The van der Waals surface area contributed by atoms with Crippen molar-refractivity contribution in [3.8, 4) is 0 Å². The van der Waals surface area contributed by atoms with Crippen LogP contribution in [0.2, 0.25) is 0 Å². The molecule has 1 aliphatic rings. The maximum absolute atomic E-state index is 2.45. The molecule has 0 aromatic rings. The largest absolute Gasteiger partial charge is 0.0882 e. The van der Waals surface area contributed by atoms with Crippen molar-refractivity contribution >= 4 is 0 Å². The molecule has 0 spiro atoms. The van der Waals surface area contributed by atoms with Crippen LogP contribution in [-0.4, -0.2) is 0 Å². The second-order valence-corrected chi connectivity index (χ2v) is 5.55. The van der Waals surface area contributed by atoms with E-state index in [1.807, 2.05) is 0 Å². The van der Waals surface area contributed by atoms with Crippen molar-refractivity contribution in [3.05, 3.63) is 12.2 Å². The number of hydrogen-bond donors (Lipinski definition) is 0. The molecule has 0 N–H and O–H groups in total. The summed E-state index contributed by atoms with van der Waals surface area (Å²) in [6.45, 7) is 9.50. The molecule has 0 aliphatic heterocycles. The minimum atomic E-state index is 0.505. The molecule has 1 rings (SSSR count). The van der Waals surface area contributed by atoms with Gasteiger partial charge in [0.25, 0.3) is 0 Å². The zero-order chi connectivity index (χ0) is 9.90. The van der Waals surface area contributed by atoms with E-state index in [0.717, 1.165) is 11.8 Å². The summed E-state index contributed by atoms with van der Waals surface area (Å²) in [6.07, 6.45) is 10.3. The predicted molar refractivity (Wildman–Crippen MR) is 59.7 cm³/mol. The van der Waals surface area contributed by atoms with Crippen LogP contribution in [0, 0.1) is 17.3 Å². The molecule has 76 valence electrons. The van der Waals surface area contributed by atoms with E-state index >= 15 is 0 Å². The Hall–Kier alpha value is -0.260. The molecule has 0 bridgehead atoms. The predicted octanol–water partition coefficient (Wildman–Crippen LogP) is 4.42. The average Bonchev–Trinajstić information content (AvgIpc) is 2.04. The Kier molecular flexibility index (Phi) is 3.58. The maximum Gasteiger partial charge on any atom is -0.0182 e. The molecule has 0 aromatic heterocycles. The van der Waals surface area contributed by atoms with Crippen LogP contribution in [0.1, 0.15) is 53.4 Å². The highest BCUT2D eigenvalue weighted by Gasteiger charge is 2.28. The van der Waals surface area contributed by atoms with Gasteiger partial charge in [0.1, 0.15) is 0 Å². The van der Waals surface area contributed by atoms with E-state index in [-0.39, 0.29) is 0 Å². The van der Waals surface area contributed by atoms with Gasteiger partial charge in [-0.1, -0.05) is 39.8 Å². The SMILES string of the molecule is CC(C)CC(C)(C)C1C=CCCC1. The van der Waals surface area contributed by atoms with E-state index in [9.17, 15) is 0 Å². The lowest BCUT2D eigenvalue weighted by Gasteiger charge is -2.35. The maximum atomic E-state index is 2.45. The Morgan fingerprint density at radius 3 is 2.54 bits per heavy atom. The Bertz CT molecular complexity index is 174. The minimum absolute atomic E-state index is 0.505. The number of hydrogen-bond acceptors (Lipinski definition) is 0. The lowest BCUT2D eigenvalue weighted by molar-refractivity contribution is 0.191. The minimum Gasteiger partial charge on any atom is -0.0882 e. The van der Waals surface area contributed by atoms with Crippen LogP contribution in [0.5, 0.6) is 0 Å². The van der Waals surface area contributed by atoms with E-state index in [2.05, 4.69) is 39.8 Å². The van der Waals surface area contributed by atoms with E-state index < -0.39 is 0 Å². The van der Waals surface area contributed by atoms with Crippen molar-refractivity contribution in [2.75, 3.05) is 0 Å². The van der Waals surface area contributed by atoms with Crippen LogP contribution in [0.4, 0.5) is 0 Å². The van der Waals surface area contributed by atoms with Crippen LogP contribution in [0.25, 0.3) is 0 Å². The topological polar surface area (TPSA) is 0 Å². The van der Waals surface area contributed by atoms with E-state index in [1.54, 1.807) is 0 Å². The Morgan fingerprint density at radius 1 is 1.38 bits per heavy atom. The Balaban J connectivity index is 2.56. The molecule has 0 saturated carbocycles. The van der Waals surface area contributed by atoms with E-state index in [4.69, 9.17) is 0 Å². The summed E-state index contributed by atoms with van der Waals surface area (Å²) < 4.78 is 0. The van der Waals surface area contributed by atoms with Gasteiger partial charge in [0.15, 0.2) is 0 Å². The lowest BCUT2D eigenvalue weighted by atomic mass is 9.70. The summed E-state index contributed by atoms with van der Waals surface area (Å²) in [6, 6.07) is 0. The van der Waals surface area contributed by atoms with Crippen LogP contribution in [0.3, 0.4) is 0 Å². The highest BCUT2D eigenvalue weighted by atomic mass is 14.3. The highest BCUT2D eigenvalue weighted by molar-refractivity contribution is 4.99. The van der Waals surface area contributed by atoms with Crippen LogP contribution >= 0.6 is 0 Å². The van der Waals surface area contributed by atoms with Crippen molar-refractivity contribution in [1.29, 1.82) is 0 Å². The molecule has 0 nitrogen and oxygen atoms in total. The van der Waals surface area contributed by atoms with Gasteiger partial charge in [-0.2, -0.15) is 0 Å². The normalized spacial score (nSPS) is 23.9. The van der Waals surface area contributed by atoms with Gasteiger partial charge in [0.05, 0.1) is 0 Å². The molecule has 1 aliphatic carbocycles. The van der Waals surface area contributed by atoms with Gasteiger partial charge in [0.2, 0.25) is 0 Å². The lowest BCUT2D eigenvalue weighted by Crippen LogP contribution is -2.25. The van der Waals surface area contributed by atoms with Gasteiger partial charge in [-0.3, -0.25) is 0 Å². The molecule has 1 atom stereocenters. The molecule has 0 saturated heterocycles. The molecule has 0 fully saturated rings. The van der Waals surface area contributed by atoms with Crippen molar-refractivity contribution < 1.29 is 0 Å². The second-order valence-electron chi connectivity index (χ2n) is 5.55. The van der Waals surface area contributed by atoms with E-state index in [0.29, 0.717) is 5.41 Å². The quantitative estimate of drug-likeness (QED) is 0.564. The van der Waals surface area contributed by atoms with Gasteiger partial charge in [-0.05, 0) is 42.9 Å². The van der Waals surface area contributed by atoms with Gasteiger partial charge in [0, 0.05) is 0 Å². The monoisotopic (exact) mass is 180 g/mol. The zero-order valence-electron chi connectivity index (χ0n) is 9.64. The summed E-state index contributed by atoms with van der Waals surface area (Å²) in [5.74, 6) is 1.65.